The van der Waals surface area contributed by atoms with E-state index in [2.05, 4.69) is 15.6 Å². The largest absolute Gasteiger partial charge is 0.357 e. The number of hydrogen-bond donors (Lipinski definition) is 2. The van der Waals surface area contributed by atoms with Gasteiger partial charge in [-0.15, -0.1) is 0 Å². The van der Waals surface area contributed by atoms with Gasteiger partial charge in [-0.3, -0.25) is 4.79 Å². The van der Waals surface area contributed by atoms with Crippen LogP contribution in [0.25, 0.3) is 0 Å². The van der Waals surface area contributed by atoms with Gasteiger partial charge >= 0.3 is 0 Å². The van der Waals surface area contributed by atoms with Crippen molar-refractivity contribution in [1.29, 1.82) is 0 Å². The van der Waals surface area contributed by atoms with Gasteiger partial charge in [0, 0.05) is 5.69 Å². The third-order valence-electron chi connectivity index (χ3n) is 2.53. The summed E-state index contributed by atoms with van der Waals surface area (Å²) in [4.78, 5) is 16.1. The molecule has 1 aromatic rings. The number of pyridine rings is 1. The number of hydrogen-bond acceptors (Lipinski definition) is 4. The molecule has 2 rings (SSSR count). The molecule has 0 aliphatic carbocycles. The predicted octanol–water partition coefficient (Wildman–Crippen LogP) is 1.88. The zero-order valence-electron chi connectivity index (χ0n) is 9.41. The number of fused-ring (bicyclic) bond motifs is 1. The lowest BCUT2D eigenvalue weighted by atomic mass is 10.1. The molecule has 2 heterocycles. The van der Waals surface area contributed by atoms with E-state index < -0.39 is 0 Å². The van der Waals surface area contributed by atoms with Crippen LogP contribution in [0.2, 0.25) is 0 Å². The molecule has 1 atom stereocenters. The molecular weight excluding hydrogens is 222 g/mol. The molecule has 1 amide bonds. The minimum absolute atomic E-state index is 0.0344. The highest BCUT2D eigenvalue weighted by Gasteiger charge is 2.25. The third-order valence-corrected chi connectivity index (χ3v) is 3.17. The van der Waals surface area contributed by atoms with Gasteiger partial charge in [0.1, 0.15) is 6.04 Å². The van der Waals surface area contributed by atoms with Gasteiger partial charge in [0.15, 0.2) is 5.82 Å². The Morgan fingerprint density at radius 3 is 3.06 bits per heavy atom. The Kier molecular flexibility index (Phi) is 3.33. The van der Waals surface area contributed by atoms with Gasteiger partial charge in [-0.1, -0.05) is 0 Å². The highest BCUT2D eigenvalue weighted by Crippen LogP contribution is 2.25. The first-order chi connectivity index (χ1) is 7.70. The third kappa shape index (κ3) is 2.29. The van der Waals surface area contributed by atoms with E-state index in [1.165, 1.54) is 0 Å². The molecule has 1 aliphatic heterocycles. The van der Waals surface area contributed by atoms with Crippen LogP contribution >= 0.6 is 11.8 Å². The molecule has 2 N–H and O–H groups in total. The highest BCUT2D eigenvalue weighted by molar-refractivity contribution is 7.98. The first-order valence-corrected chi connectivity index (χ1v) is 6.64. The summed E-state index contributed by atoms with van der Waals surface area (Å²) in [6.07, 6.45) is 2.86. The molecule has 86 valence electrons. The number of amides is 1. The fraction of sp³-hybridized carbons (Fsp3) is 0.455. The van der Waals surface area contributed by atoms with E-state index in [-0.39, 0.29) is 11.9 Å². The molecule has 0 bridgehead atoms. The van der Waals surface area contributed by atoms with E-state index in [1.54, 1.807) is 11.8 Å². The number of thioether (sulfide) groups is 1. The van der Waals surface area contributed by atoms with Gasteiger partial charge in [0.25, 0.3) is 0 Å². The Bertz CT molecular complexity index is 408. The monoisotopic (exact) mass is 237 g/mol. The molecule has 0 radical (unpaired) electrons. The molecule has 0 saturated heterocycles. The quantitative estimate of drug-likeness (QED) is 0.842. The van der Waals surface area contributed by atoms with Crippen LogP contribution in [-0.2, 0) is 4.79 Å². The van der Waals surface area contributed by atoms with Crippen molar-refractivity contribution in [3.63, 3.8) is 0 Å². The smallest absolute Gasteiger partial charge is 0.247 e. The Balaban J connectivity index is 2.16. The number of nitrogens with zero attached hydrogens (tertiary/aromatic N) is 1. The summed E-state index contributed by atoms with van der Waals surface area (Å²) in [5.41, 5.74) is 1.72. The Morgan fingerprint density at radius 1 is 1.50 bits per heavy atom. The molecule has 0 spiro atoms. The van der Waals surface area contributed by atoms with E-state index in [9.17, 15) is 4.79 Å². The van der Waals surface area contributed by atoms with Crippen LogP contribution in [-0.4, -0.2) is 28.9 Å². The van der Waals surface area contributed by atoms with Crippen molar-refractivity contribution < 1.29 is 4.79 Å². The maximum absolute atomic E-state index is 11.7. The summed E-state index contributed by atoms with van der Waals surface area (Å²) < 4.78 is 0. The summed E-state index contributed by atoms with van der Waals surface area (Å²) in [5.74, 6) is 1.78. The lowest BCUT2D eigenvalue weighted by Gasteiger charge is -2.25. The van der Waals surface area contributed by atoms with Crippen LogP contribution in [0.3, 0.4) is 0 Å². The van der Waals surface area contributed by atoms with E-state index in [0.717, 1.165) is 29.4 Å². The summed E-state index contributed by atoms with van der Waals surface area (Å²) in [5, 5.41) is 6.06. The fourth-order valence-corrected chi connectivity index (χ4v) is 2.13. The molecule has 1 aromatic heterocycles. The second kappa shape index (κ2) is 4.74. The zero-order valence-corrected chi connectivity index (χ0v) is 10.2. The first kappa shape index (κ1) is 11.3. The number of aromatic nitrogens is 1. The number of anilines is 2. The Morgan fingerprint density at radius 2 is 2.31 bits per heavy atom. The number of carbonyl (C=O) groups is 1. The van der Waals surface area contributed by atoms with Crippen molar-refractivity contribution in [2.45, 2.75) is 19.4 Å². The molecule has 0 saturated carbocycles. The SMILES string of the molecule is CSCCC1Nc2nc(C)ccc2NC1=O. The van der Waals surface area contributed by atoms with Crippen LogP contribution in [0.1, 0.15) is 12.1 Å². The van der Waals surface area contributed by atoms with Crippen molar-refractivity contribution in [2.24, 2.45) is 0 Å². The van der Waals surface area contributed by atoms with Crippen LogP contribution < -0.4 is 10.6 Å². The number of nitrogens with one attached hydrogen (secondary N) is 2. The average molecular weight is 237 g/mol. The summed E-state index contributed by atoms with van der Waals surface area (Å²) in [6.45, 7) is 1.94. The standard InChI is InChI=1S/C11H15N3OS/c1-7-3-4-8-10(12-7)13-9(5-6-16-2)11(15)14-8/h3-4,9H,5-6H2,1-2H3,(H,12,13)(H,14,15). The lowest BCUT2D eigenvalue weighted by Crippen LogP contribution is -2.39. The van der Waals surface area contributed by atoms with Crippen molar-refractivity contribution in [2.75, 3.05) is 22.6 Å². The molecule has 1 aliphatic rings. The van der Waals surface area contributed by atoms with Gasteiger partial charge < -0.3 is 10.6 Å². The van der Waals surface area contributed by atoms with Crippen molar-refractivity contribution >= 4 is 29.2 Å². The molecule has 0 fully saturated rings. The predicted molar refractivity (Wildman–Crippen MR) is 68.0 cm³/mol. The average Bonchev–Trinajstić information content (AvgIpc) is 2.27. The minimum Gasteiger partial charge on any atom is -0.357 e. The first-order valence-electron chi connectivity index (χ1n) is 5.24. The summed E-state index contributed by atoms with van der Waals surface area (Å²) >= 11 is 1.74. The lowest BCUT2D eigenvalue weighted by molar-refractivity contribution is -0.117. The van der Waals surface area contributed by atoms with Crippen molar-refractivity contribution in [3.05, 3.63) is 17.8 Å². The van der Waals surface area contributed by atoms with Crippen LogP contribution in [0.15, 0.2) is 12.1 Å². The number of aryl methyl sites for hydroxylation is 1. The van der Waals surface area contributed by atoms with Crippen LogP contribution in [0.5, 0.6) is 0 Å². The Hall–Kier alpha value is -1.23. The normalized spacial score (nSPS) is 18.6. The number of carbonyl (C=O) groups excluding carboxylic acids is 1. The van der Waals surface area contributed by atoms with Gasteiger partial charge in [-0.2, -0.15) is 11.8 Å². The topological polar surface area (TPSA) is 54.0 Å². The summed E-state index contributed by atoms with van der Waals surface area (Å²) in [7, 11) is 0. The van der Waals surface area contributed by atoms with Crippen molar-refractivity contribution in [1.82, 2.24) is 4.98 Å². The maximum atomic E-state index is 11.7. The Labute approximate surface area is 99.2 Å². The minimum atomic E-state index is -0.158. The van der Waals surface area contributed by atoms with E-state index in [1.807, 2.05) is 25.3 Å². The zero-order chi connectivity index (χ0) is 11.5. The maximum Gasteiger partial charge on any atom is 0.247 e. The molecule has 0 aromatic carbocycles. The molecule has 5 heteroatoms. The number of rotatable bonds is 3. The summed E-state index contributed by atoms with van der Waals surface area (Å²) in [6, 6.07) is 3.62. The van der Waals surface area contributed by atoms with Crippen LogP contribution in [0.4, 0.5) is 11.5 Å². The van der Waals surface area contributed by atoms with Crippen molar-refractivity contribution in [3.8, 4) is 0 Å². The molecular formula is C11H15N3OS. The second-order valence-electron chi connectivity index (χ2n) is 3.82. The van der Waals surface area contributed by atoms with Gasteiger partial charge in [-0.25, -0.2) is 4.98 Å². The molecule has 4 nitrogen and oxygen atoms in total. The van der Waals surface area contributed by atoms with Gasteiger partial charge in [-0.05, 0) is 37.5 Å². The second-order valence-corrected chi connectivity index (χ2v) is 4.80. The van der Waals surface area contributed by atoms with Gasteiger partial charge in [0.05, 0.1) is 5.69 Å². The van der Waals surface area contributed by atoms with Crippen LogP contribution in [0, 0.1) is 6.92 Å². The van der Waals surface area contributed by atoms with E-state index in [4.69, 9.17) is 0 Å². The van der Waals surface area contributed by atoms with Gasteiger partial charge in [0.2, 0.25) is 5.91 Å². The molecule has 1 unspecified atom stereocenters. The van der Waals surface area contributed by atoms with E-state index in [0.29, 0.717) is 0 Å². The molecule has 16 heavy (non-hydrogen) atoms. The van der Waals surface area contributed by atoms with E-state index >= 15 is 0 Å². The highest BCUT2D eigenvalue weighted by atomic mass is 32.2. The fourth-order valence-electron chi connectivity index (χ4n) is 1.66.